The Hall–Kier alpha value is -0.210. The standard InChI is InChI=1S/C16H32N2O4S/c1-17(14-15-6-7-15)10-4-2-3-5-13-22-16-8-11-18(12-9-16)23(19,20)21/h15-16H,2-14H2,1H3,(H,19,20,21). The highest BCUT2D eigenvalue weighted by Gasteiger charge is 2.26. The number of nitrogens with zero attached hydrogens (tertiary/aromatic N) is 2. The molecule has 0 radical (unpaired) electrons. The molecule has 23 heavy (non-hydrogen) atoms. The zero-order valence-electron chi connectivity index (χ0n) is 14.3. The highest BCUT2D eigenvalue weighted by Crippen LogP contribution is 2.29. The van der Waals surface area contributed by atoms with Gasteiger partial charge in [0.05, 0.1) is 6.10 Å². The second-order valence-corrected chi connectivity index (χ2v) is 8.48. The zero-order chi connectivity index (χ0) is 16.7. The molecule has 2 fully saturated rings. The van der Waals surface area contributed by atoms with E-state index in [1.807, 2.05) is 0 Å². The molecule has 0 atom stereocenters. The van der Waals surface area contributed by atoms with E-state index in [-0.39, 0.29) is 6.10 Å². The first kappa shape index (κ1) is 19.1. The molecule has 0 aromatic rings. The van der Waals surface area contributed by atoms with Crippen molar-refractivity contribution in [1.82, 2.24) is 9.21 Å². The summed E-state index contributed by atoms with van der Waals surface area (Å²) in [6.45, 7) is 3.94. The third-order valence-electron chi connectivity index (χ3n) is 4.78. The second kappa shape index (κ2) is 9.32. The van der Waals surface area contributed by atoms with Gasteiger partial charge in [0.25, 0.3) is 0 Å². The maximum Gasteiger partial charge on any atom is 0.335 e. The molecule has 0 spiro atoms. The lowest BCUT2D eigenvalue weighted by molar-refractivity contribution is 0.0181. The highest BCUT2D eigenvalue weighted by molar-refractivity contribution is 7.83. The third kappa shape index (κ3) is 7.94. The van der Waals surface area contributed by atoms with Crippen LogP contribution in [0.4, 0.5) is 0 Å². The van der Waals surface area contributed by atoms with E-state index < -0.39 is 10.3 Å². The maximum atomic E-state index is 11.0. The van der Waals surface area contributed by atoms with Gasteiger partial charge in [-0.2, -0.15) is 12.7 Å². The van der Waals surface area contributed by atoms with Gasteiger partial charge in [-0.3, -0.25) is 4.55 Å². The first-order valence-electron chi connectivity index (χ1n) is 8.98. The van der Waals surface area contributed by atoms with Crippen molar-refractivity contribution in [3.05, 3.63) is 0 Å². The van der Waals surface area contributed by atoms with Crippen LogP contribution in [0.15, 0.2) is 0 Å². The van der Waals surface area contributed by atoms with Gasteiger partial charge in [-0.05, 0) is 58.0 Å². The lowest BCUT2D eigenvalue weighted by atomic mass is 10.1. The quantitative estimate of drug-likeness (QED) is 0.458. The molecule has 1 saturated carbocycles. The zero-order valence-corrected chi connectivity index (χ0v) is 15.1. The van der Waals surface area contributed by atoms with Crippen molar-refractivity contribution < 1.29 is 17.7 Å². The smallest absolute Gasteiger partial charge is 0.335 e. The van der Waals surface area contributed by atoms with Crippen molar-refractivity contribution in [3.63, 3.8) is 0 Å². The fourth-order valence-corrected chi connectivity index (χ4v) is 3.82. The maximum absolute atomic E-state index is 11.0. The molecule has 0 bridgehead atoms. The van der Waals surface area contributed by atoms with Crippen LogP contribution in [0.1, 0.15) is 51.4 Å². The van der Waals surface area contributed by atoms with Crippen LogP contribution in [-0.2, 0) is 15.0 Å². The molecular weight excluding hydrogens is 316 g/mol. The minimum Gasteiger partial charge on any atom is -0.378 e. The molecule has 1 N–H and O–H groups in total. The fraction of sp³-hybridized carbons (Fsp3) is 1.00. The largest absolute Gasteiger partial charge is 0.378 e. The summed E-state index contributed by atoms with van der Waals surface area (Å²) < 4.78 is 37.9. The topological polar surface area (TPSA) is 70.1 Å². The van der Waals surface area contributed by atoms with Crippen molar-refractivity contribution in [2.45, 2.75) is 57.5 Å². The van der Waals surface area contributed by atoms with Gasteiger partial charge >= 0.3 is 10.3 Å². The molecule has 2 aliphatic rings. The molecule has 0 aromatic heterocycles. The van der Waals surface area contributed by atoms with Crippen LogP contribution in [0.25, 0.3) is 0 Å². The summed E-state index contributed by atoms with van der Waals surface area (Å²) in [6, 6.07) is 0. The van der Waals surface area contributed by atoms with Crippen LogP contribution in [0.2, 0.25) is 0 Å². The molecule has 0 amide bonds. The van der Waals surface area contributed by atoms with Crippen molar-refractivity contribution in [2.75, 3.05) is 39.8 Å². The first-order valence-corrected chi connectivity index (χ1v) is 10.4. The van der Waals surface area contributed by atoms with Crippen LogP contribution < -0.4 is 0 Å². The van der Waals surface area contributed by atoms with Crippen LogP contribution in [-0.4, -0.2) is 68.1 Å². The molecule has 6 nitrogen and oxygen atoms in total. The minimum absolute atomic E-state index is 0.137. The number of piperidine rings is 1. The summed E-state index contributed by atoms with van der Waals surface area (Å²) in [5, 5.41) is 0. The molecule has 2 rings (SSSR count). The van der Waals surface area contributed by atoms with E-state index in [9.17, 15) is 8.42 Å². The average molecular weight is 349 g/mol. The Morgan fingerprint density at radius 1 is 1.09 bits per heavy atom. The van der Waals surface area contributed by atoms with Gasteiger partial charge in [0.15, 0.2) is 0 Å². The summed E-state index contributed by atoms with van der Waals surface area (Å²) in [4.78, 5) is 2.46. The van der Waals surface area contributed by atoms with Crippen molar-refractivity contribution in [3.8, 4) is 0 Å². The van der Waals surface area contributed by atoms with Gasteiger partial charge in [0.1, 0.15) is 0 Å². The second-order valence-electron chi connectivity index (χ2n) is 7.07. The van der Waals surface area contributed by atoms with E-state index in [2.05, 4.69) is 11.9 Å². The van der Waals surface area contributed by atoms with Gasteiger partial charge < -0.3 is 9.64 Å². The average Bonchev–Trinajstić information content (AvgIpc) is 3.29. The summed E-state index contributed by atoms with van der Waals surface area (Å²) in [6.07, 6.45) is 9.10. The Kier molecular flexibility index (Phi) is 7.75. The number of unbranched alkanes of at least 4 members (excludes halogenated alkanes) is 3. The Morgan fingerprint density at radius 3 is 2.35 bits per heavy atom. The number of ether oxygens (including phenoxy) is 1. The van der Waals surface area contributed by atoms with E-state index in [4.69, 9.17) is 9.29 Å². The molecule has 0 unspecified atom stereocenters. The van der Waals surface area contributed by atoms with Crippen molar-refractivity contribution in [1.29, 1.82) is 0 Å². The van der Waals surface area contributed by atoms with E-state index in [1.54, 1.807) is 0 Å². The number of hydrogen-bond donors (Lipinski definition) is 1. The predicted octanol–water partition coefficient (Wildman–Crippen LogP) is 2.17. The monoisotopic (exact) mass is 348 g/mol. The van der Waals surface area contributed by atoms with Gasteiger partial charge in [-0.1, -0.05) is 12.8 Å². The van der Waals surface area contributed by atoms with Crippen molar-refractivity contribution >= 4 is 10.3 Å². The fourth-order valence-electron chi connectivity index (χ4n) is 3.15. The Labute approximate surface area is 141 Å². The normalized spacial score (nSPS) is 21.2. The van der Waals surface area contributed by atoms with Gasteiger partial charge in [-0.25, -0.2) is 0 Å². The Morgan fingerprint density at radius 2 is 1.74 bits per heavy atom. The third-order valence-corrected chi connectivity index (χ3v) is 5.80. The molecule has 1 aliphatic heterocycles. The SMILES string of the molecule is CN(CCCCCCOC1CCN(S(=O)(=O)O)CC1)CC1CC1. The molecule has 136 valence electrons. The van der Waals surface area contributed by atoms with Gasteiger partial charge in [-0.15, -0.1) is 0 Å². The van der Waals surface area contributed by atoms with E-state index in [0.29, 0.717) is 25.9 Å². The van der Waals surface area contributed by atoms with Gasteiger partial charge in [0, 0.05) is 26.2 Å². The summed E-state index contributed by atoms with van der Waals surface area (Å²) in [5.74, 6) is 0.973. The van der Waals surface area contributed by atoms with E-state index >= 15 is 0 Å². The minimum atomic E-state index is -4.02. The molecule has 1 aliphatic carbocycles. The molecule has 0 aromatic carbocycles. The van der Waals surface area contributed by atoms with Crippen LogP contribution >= 0.6 is 0 Å². The first-order chi connectivity index (χ1) is 10.9. The summed E-state index contributed by atoms with van der Waals surface area (Å²) in [5.41, 5.74) is 0. The van der Waals surface area contributed by atoms with Crippen LogP contribution in [0, 0.1) is 5.92 Å². The molecular formula is C16H32N2O4S. The summed E-state index contributed by atoms with van der Waals surface area (Å²) in [7, 11) is -1.80. The molecule has 1 heterocycles. The summed E-state index contributed by atoms with van der Waals surface area (Å²) >= 11 is 0. The lowest BCUT2D eigenvalue weighted by Gasteiger charge is -2.29. The van der Waals surface area contributed by atoms with Gasteiger partial charge in [0.2, 0.25) is 0 Å². The number of rotatable bonds is 11. The molecule has 7 heteroatoms. The Bertz CT molecular complexity index is 431. The van der Waals surface area contributed by atoms with Crippen LogP contribution in [0.5, 0.6) is 0 Å². The Balaban J connectivity index is 1.41. The molecule has 1 saturated heterocycles. The van der Waals surface area contributed by atoms with E-state index in [1.165, 1.54) is 45.2 Å². The van der Waals surface area contributed by atoms with Crippen LogP contribution in [0.3, 0.4) is 0 Å². The number of hydrogen-bond acceptors (Lipinski definition) is 4. The lowest BCUT2D eigenvalue weighted by Crippen LogP contribution is -2.40. The predicted molar refractivity (Wildman–Crippen MR) is 90.8 cm³/mol. The van der Waals surface area contributed by atoms with Crippen molar-refractivity contribution in [2.24, 2.45) is 5.92 Å². The van der Waals surface area contributed by atoms with E-state index in [0.717, 1.165) is 23.3 Å². The highest BCUT2D eigenvalue weighted by atomic mass is 32.2.